The maximum Gasteiger partial charge on any atom is 0.252 e. The summed E-state index contributed by atoms with van der Waals surface area (Å²) in [5.74, 6) is -0.0194. The highest BCUT2D eigenvalue weighted by Crippen LogP contribution is 2.24. The highest BCUT2D eigenvalue weighted by molar-refractivity contribution is 9.10. The van der Waals surface area contributed by atoms with Crippen LogP contribution in [0.15, 0.2) is 28.7 Å². The minimum Gasteiger partial charge on any atom is -0.349 e. The first-order valence-electron chi connectivity index (χ1n) is 7.66. The number of nitrogens with one attached hydrogen (secondary N) is 1. The molecule has 0 aliphatic heterocycles. The fourth-order valence-electron chi connectivity index (χ4n) is 3.04. The molecule has 1 saturated carbocycles. The molecular formula is C17H20BrN3O. The summed E-state index contributed by atoms with van der Waals surface area (Å²) in [4.78, 5) is 17.2. The summed E-state index contributed by atoms with van der Waals surface area (Å²) in [6.45, 7) is 1.91. The number of rotatable bonds is 2. The van der Waals surface area contributed by atoms with Gasteiger partial charge in [-0.2, -0.15) is 0 Å². The van der Waals surface area contributed by atoms with E-state index in [1.54, 1.807) is 0 Å². The lowest BCUT2D eigenvalue weighted by atomic mass is 9.91. The summed E-state index contributed by atoms with van der Waals surface area (Å²) in [6, 6.07) is 8.20. The molecule has 3 rings (SSSR count). The smallest absolute Gasteiger partial charge is 0.252 e. The zero-order chi connectivity index (χ0) is 15.7. The van der Waals surface area contributed by atoms with Gasteiger partial charge in [-0.3, -0.25) is 9.78 Å². The fraction of sp³-hybridized carbons (Fsp3) is 0.412. The topological polar surface area (TPSA) is 68.0 Å². The van der Waals surface area contributed by atoms with E-state index in [9.17, 15) is 4.79 Å². The number of benzene rings is 1. The number of halogens is 1. The minimum absolute atomic E-state index is 0.0194. The van der Waals surface area contributed by atoms with Crippen molar-refractivity contribution in [2.45, 2.75) is 44.7 Å². The van der Waals surface area contributed by atoms with E-state index in [4.69, 9.17) is 5.73 Å². The van der Waals surface area contributed by atoms with Gasteiger partial charge in [0.1, 0.15) is 0 Å². The van der Waals surface area contributed by atoms with Gasteiger partial charge in [-0.1, -0.05) is 15.9 Å². The van der Waals surface area contributed by atoms with E-state index in [2.05, 4.69) is 26.2 Å². The van der Waals surface area contributed by atoms with Crippen molar-refractivity contribution in [3.63, 3.8) is 0 Å². The van der Waals surface area contributed by atoms with Gasteiger partial charge < -0.3 is 11.1 Å². The van der Waals surface area contributed by atoms with E-state index in [0.717, 1.165) is 46.8 Å². The first-order chi connectivity index (χ1) is 10.5. The van der Waals surface area contributed by atoms with Gasteiger partial charge in [0.2, 0.25) is 0 Å². The maximum atomic E-state index is 12.7. The van der Waals surface area contributed by atoms with Gasteiger partial charge in [-0.15, -0.1) is 0 Å². The molecule has 0 atom stereocenters. The molecule has 1 aromatic carbocycles. The van der Waals surface area contributed by atoms with E-state index in [0.29, 0.717) is 5.56 Å². The van der Waals surface area contributed by atoms with Crippen LogP contribution in [0.3, 0.4) is 0 Å². The largest absolute Gasteiger partial charge is 0.349 e. The predicted octanol–water partition coefficient (Wildman–Crippen LogP) is 3.31. The summed E-state index contributed by atoms with van der Waals surface area (Å²) in [6.07, 6.45) is 3.87. The van der Waals surface area contributed by atoms with Crippen LogP contribution in [0, 0.1) is 6.92 Å². The second-order valence-corrected chi connectivity index (χ2v) is 6.97. The van der Waals surface area contributed by atoms with E-state index in [1.807, 2.05) is 31.2 Å². The molecule has 1 aromatic heterocycles. The summed E-state index contributed by atoms with van der Waals surface area (Å²) >= 11 is 3.47. The number of fused-ring (bicyclic) bond motifs is 1. The number of carbonyl (C=O) groups excluding carboxylic acids is 1. The van der Waals surface area contributed by atoms with Crippen LogP contribution in [0.2, 0.25) is 0 Å². The van der Waals surface area contributed by atoms with Gasteiger partial charge in [0.05, 0.1) is 11.1 Å². The molecule has 1 aliphatic rings. The van der Waals surface area contributed by atoms with Crippen molar-refractivity contribution in [2.24, 2.45) is 5.73 Å². The maximum absolute atomic E-state index is 12.7. The van der Waals surface area contributed by atoms with Gasteiger partial charge in [-0.25, -0.2) is 0 Å². The number of amides is 1. The quantitative estimate of drug-likeness (QED) is 0.861. The van der Waals surface area contributed by atoms with Crippen molar-refractivity contribution < 1.29 is 4.79 Å². The van der Waals surface area contributed by atoms with Crippen molar-refractivity contribution in [1.82, 2.24) is 10.3 Å². The Labute approximate surface area is 138 Å². The van der Waals surface area contributed by atoms with Crippen LogP contribution in [-0.4, -0.2) is 23.0 Å². The molecule has 1 amide bonds. The fourth-order valence-corrected chi connectivity index (χ4v) is 3.41. The molecule has 4 nitrogen and oxygen atoms in total. The number of hydrogen-bond donors (Lipinski definition) is 2. The second kappa shape index (κ2) is 6.34. The number of nitrogens with two attached hydrogens (primary N) is 1. The van der Waals surface area contributed by atoms with Crippen LogP contribution in [0.25, 0.3) is 10.9 Å². The van der Waals surface area contributed by atoms with Crippen LogP contribution >= 0.6 is 15.9 Å². The number of hydrogen-bond acceptors (Lipinski definition) is 3. The molecule has 1 aliphatic carbocycles. The summed E-state index contributed by atoms with van der Waals surface area (Å²) in [5.41, 5.74) is 8.32. The lowest BCUT2D eigenvalue weighted by molar-refractivity contribution is 0.0927. The van der Waals surface area contributed by atoms with Crippen LogP contribution in [-0.2, 0) is 0 Å². The molecule has 1 heterocycles. The highest BCUT2D eigenvalue weighted by Gasteiger charge is 2.21. The van der Waals surface area contributed by atoms with E-state index in [-0.39, 0.29) is 18.0 Å². The summed E-state index contributed by atoms with van der Waals surface area (Å²) in [5, 5.41) is 4.04. The van der Waals surface area contributed by atoms with Crippen molar-refractivity contribution in [2.75, 3.05) is 0 Å². The average molecular weight is 362 g/mol. The first-order valence-corrected chi connectivity index (χ1v) is 8.45. The van der Waals surface area contributed by atoms with Crippen LogP contribution in [0.1, 0.15) is 41.7 Å². The molecule has 5 heteroatoms. The zero-order valence-electron chi connectivity index (χ0n) is 12.6. The zero-order valence-corrected chi connectivity index (χ0v) is 14.2. The molecule has 2 aromatic rings. The Kier molecular flexibility index (Phi) is 4.45. The molecule has 0 saturated heterocycles. The molecule has 3 N–H and O–H groups in total. The Balaban J connectivity index is 1.88. The van der Waals surface area contributed by atoms with Crippen molar-refractivity contribution >= 4 is 32.7 Å². The second-order valence-electron chi connectivity index (χ2n) is 6.06. The Morgan fingerprint density at radius 2 is 2.00 bits per heavy atom. The highest BCUT2D eigenvalue weighted by atomic mass is 79.9. The van der Waals surface area contributed by atoms with Crippen LogP contribution in [0.5, 0.6) is 0 Å². The van der Waals surface area contributed by atoms with Gasteiger partial charge in [0.15, 0.2) is 0 Å². The SMILES string of the molecule is Cc1cc(C(=O)NC2CCC(N)CC2)c2cc(Br)ccc2n1. The molecule has 0 bridgehead atoms. The number of nitrogens with zero attached hydrogens (tertiary/aromatic N) is 1. The van der Waals surface area contributed by atoms with E-state index in [1.165, 1.54) is 0 Å². The lowest BCUT2D eigenvalue weighted by Crippen LogP contribution is -2.40. The number of pyridine rings is 1. The number of carbonyl (C=O) groups is 1. The summed E-state index contributed by atoms with van der Waals surface area (Å²) in [7, 11) is 0. The van der Waals surface area contributed by atoms with Gasteiger partial charge in [-0.05, 0) is 56.9 Å². The standard InChI is InChI=1S/C17H20BrN3O/c1-10-8-15(14-9-11(18)2-7-16(14)20-10)17(22)21-13-5-3-12(19)4-6-13/h2,7-9,12-13H,3-6,19H2,1H3,(H,21,22). The van der Waals surface area contributed by atoms with Gasteiger partial charge in [0.25, 0.3) is 5.91 Å². The van der Waals surface area contributed by atoms with E-state index >= 15 is 0 Å². The van der Waals surface area contributed by atoms with Gasteiger partial charge >= 0.3 is 0 Å². The molecule has 0 unspecified atom stereocenters. The van der Waals surface area contributed by atoms with E-state index < -0.39 is 0 Å². The lowest BCUT2D eigenvalue weighted by Gasteiger charge is -2.27. The summed E-state index contributed by atoms with van der Waals surface area (Å²) < 4.78 is 0.948. The molecule has 116 valence electrons. The van der Waals surface area contributed by atoms with Crippen molar-refractivity contribution in [1.29, 1.82) is 0 Å². The molecule has 0 radical (unpaired) electrons. The van der Waals surface area contributed by atoms with Crippen molar-refractivity contribution in [3.8, 4) is 0 Å². The Morgan fingerprint density at radius 1 is 1.27 bits per heavy atom. The average Bonchev–Trinajstić information content (AvgIpc) is 2.49. The van der Waals surface area contributed by atoms with Gasteiger partial charge in [0, 0.05) is 27.6 Å². The first kappa shape index (κ1) is 15.4. The Morgan fingerprint density at radius 3 is 2.73 bits per heavy atom. The normalized spacial score (nSPS) is 21.8. The Hall–Kier alpha value is -1.46. The Bertz CT molecular complexity index is 708. The monoisotopic (exact) mass is 361 g/mol. The molecular weight excluding hydrogens is 342 g/mol. The minimum atomic E-state index is -0.0194. The molecule has 22 heavy (non-hydrogen) atoms. The van der Waals surface area contributed by atoms with Crippen LogP contribution < -0.4 is 11.1 Å². The third-order valence-corrected chi connectivity index (χ3v) is 4.74. The third-order valence-electron chi connectivity index (χ3n) is 4.25. The number of aromatic nitrogens is 1. The number of aryl methyl sites for hydroxylation is 1. The third kappa shape index (κ3) is 3.31. The van der Waals surface area contributed by atoms with Crippen LogP contribution in [0.4, 0.5) is 0 Å². The molecule has 1 fully saturated rings. The predicted molar refractivity (Wildman–Crippen MR) is 91.9 cm³/mol. The molecule has 0 spiro atoms. The van der Waals surface area contributed by atoms with Crippen molar-refractivity contribution in [3.05, 3.63) is 40.0 Å².